The van der Waals surface area contributed by atoms with Crippen molar-refractivity contribution < 1.29 is 93.6 Å². The van der Waals surface area contributed by atoms with Crippen LogP contribution in [0.4, 0.5) is 9.59 Å². The van der Waals surface area contributed by atoms with Gasteiger partial charge in [0.05, 0.1) is 32.0 Å². The van der Waals surface area contributed by atoms with Gasteiger partial charge in [-0.2, -0.15) is 0 Å². The minimum absolute atomic E-state index is 0. The number of fused-ring (bicyclic) bond motifs is 3. The summed E-state index contributed by atoms with van der Waals surface area (Å²) in [7, 11) is 0. The van der Waals surface area contributed by atoms with Gasteiger partial charge in [0, 0.05) is 58.1 Å². The normalized spacial score (nSPS) is 28.8. The Labute approximate surface area is 408 Å². The van der Waals surface area contributed by atoms with Crippen LogP contribution in [0.3, 0.4) is 0 Å². The van der Waals surface area contributed by atoms with Crippen LogP contribution >= 0.6 is 0 Å². The van der Waals surface area contributed by atoms with E-state index < -0.39 is 42.3 Å². The molecule has 3 radical (unpaired) electrons. The third-order valence-corrected chi connectivity index (χ3v) is 13.1. The third kappa shape index (κ3) is 13.3. The summed E-state index contributed by atoms with van der Waals surface area (Å²) in [5.41, 5.74) is 1.76. The minimum atomic E-state index is -0.718. The van der Waals surface area contributed by atoms with Crippen LogP contribution in [0.2, 0.25) is 0 Å². The summed E-state index contributed by atoms with van der Waals surface area (Å²) in [6.07, 6.45) is 2.43. The molecule has 351 valence electrons. The number of rotatable bonds is 10. The van der Waals surface area contributed by atoms with Crippen molar-refractivity contribution in [3.05, 3.63) is 71.8 Å². The van der Waals surface area contributed by atoms with Crippen LogP contribution in [-0.2, 0) is 56.1 Å². The Balaban J connectivity index is 0.000000341. The third-order valence-electron chi connectivity index (χ3n) is 13.1. The quantitative estimate of drug-likeness (QED) is 0.175. The number of esters is 3. The number of carbonyl (C=O) groups excluding carboxylic acids is 6. The fraction of sp³-hybridized carbons (Fsp3) is 0.617. The molecule has 3 saturated heterocycles. The average molecular weight is 915 g/mol. The summed E-state index contributed by atoms with van der Waals surface area (Å²) >= 11 is 0. The van der Waals surface area contributed by atoms with Gasteiger partial charge in [-0.1, -0.05) is 68.1 Å². The van der Waals surface area contributed by atoms with Crippen LogP contribution < -0.4 is 34.9 Å². The average Bonchev–Trinajstić information content (AvgIpc) is 4.14. The zero-order valence-electron chi connectivity index (χ0n) is 38.4. The Kier molecular flexibility index (Phi) is 22.4. The van der Waals surface area contributed by atoms with E-state index in [9.17, 15) is 39.0 Å². The number of ketones is 1. The molecule has 65 heavy (non-hydrogen) atoms. The molecule has 3 N–H and O–H groups in total. The van der Waals surface area contributed by atoms with Crippen molar-refractivity contribution in [1.82, 2.24) is 15.1 Å². The van der Waals surface area contributed by atoms with Gasteiger partial charge in [0.25, 0.3) is 0 Å². The largest absolute Gasteiger partial charge is 1.00 e. The van der Waals surface area contributed by atoms with Crippen LogP contribution in [0.1, 0.15) is 79.3 Å². The molecule has 2 unspecified atom stereocenters. The summed E-state index contributed by atoms with van der Waals surface area (Å²) in [6.45, 7) is 7.83. The van der Waals surface area contributed by atoms with Crippen molar-refractivity contribution in [1.29, 1.82) is 0 Å². The fourth-order valence-electron chi connectivity index (χ4n) is 10.1. The van der Waals surface area contributed by atoms with Gasteiger partial charge >= 0.3 is 59.7 Å². The molecule has 11 atom stereocenters. The van der Waals surface area contributed by atoms with Crippen LogP contribution in [0.5, 0.6) is 0 Å². The molecule has 16 nitrogen and oxygen atoms in total. The first-order valence-corrected chi connectivity index (χ1v) is 22.0. The first-order valence-electron chi connectivity index (χ1n) is 22.0. The van der Waals surface area contributed by atoms with Crippen molar-refractivity contribution in [3.8, 4) is 0 Å². The second-order valence-corrected chi connectivity index (χ2v) is 16.6. The molecule has 8 rings (SSSR count). The molecule has 3 aliphatic heterocycles. The molecule has 18 heteroatoms. The van der Waals surface area contributed by atoms with Crippen LogP contribution in [0, 0.1) is 35.5 Å². The first kappa shape index (κ1) is 55.3. The molecule has 2 amide bonds. The summed E-state index contributed by atoms with van der Waals surface area (Å²) in [5, 5.41) is 22.9. The first-order chi connectivity index (χ1) is 30.0. The van der Waals surface area contributed by atoms with Gasteiger partial charge < -0.3 is 40.6 Å². The molecular weight excluding hydrogens is 848 g/mol. The summed E-state index contributed by atoms with van der Waals surface area (Å²) in [4.78, 5) is 75.9. The molecule has 0 aromatic heterocycles. The number of aliphatic hydroxyl groups is 2. The molecule has 6 fully saturated rings. The van der Waals surface area contributed by atoms with Crippen LogP contribution in [-0.4, -0.2) is 134 Å². The Bertz CT molecular complexity index is 1870. The monoisotopic (exact) mass is 914 g/mol. The molecule has 0 spiro atoms. The Hall–Kier alpha value is -4.00. The minimum Gasteiger partial charge on any atom is -1.00 e. The number of hydrogen-bond acceptors (Lipinski definition) is 14. The van der Waals surface area contributed by atoms with Crippen molar-refractivity contribution >= 4 is 44.3 Å². The number of nitrogens with one attached hydrogen (secondary N) is 1. The number of ether oxygens (including phenoxy) is 5. The number of likely N-dealkylation sites (tertiary alicyclic amines) is 2. The zero-order valence-corrected chi connectivity index (χ0v) is 39.4. The fourth-order valence-corrected chi connectivity index (χ4v) is 10.1. The molecule has 0 bridgehead atoms. The maximum Gasteiger partial charge on any atom is 1.00 e. The van der Waals surface area contributed by atoms with Gasteiger partial charge in [0.1, 0.15) is 37.1 Å². The van der Waals surface area contributed by atoms with E-state index in [1.165, 1.54) is 9.80 Å². The molecule has 3 saturated carbocycles. The van der Waals surface area contributed by atoms with Gasteiger partial charge in [-0.3, -0.25) is 19.4 Å². The number of amides is 2. The van der Waals surface area contributed by atoms with Crippen molar-refractivity contribution in [2.24, 2.45) is 35.5 Å². The second kappa shape index (κ2) is 26.4. The summed E-state index contributed by atoms with van der Waals surface area (Å²) < 4.78 is 25.9. The molecular formula is C47H66BN3NaO13. The predicted octanol–water partition coefficient (Wildman–Crippen LogP) is 1.40. The number of aliphatic hydroxyl groups excluding tert-OH is 2. The SMILES string of the molecule is C.CCOC(=O)[C@@H]1[C@H]2CCC(=O)[C@H]2CN1C(=O)OCc1ccccc1.CCOC(=O)[C@@H]1[C@H]2CCC(O)[C@H]2CN1C(=O)OCc1ccccc1.CCOC(=O)[C@H]1NC[C@@H]2C(O)CC[C@H]12.[B].[H-].[Na+]. The van der Waals surface area contributed by atoms with E-state index in [2.05, 4.69) is 5.32 Å². The van der Waals surface area contributed by atoms with E-state index in [0.29, 0.717) is 32.4 Å². The molecule has 2 aromatic rings. The maximum absolute atomic E-state index is 12.5. The molecule has 3 heterocycles. The topological polar surface area (TPSA) is 208 Å². The number of hydrogen-bond donors (Lipinski definition) is 3. The van der Waals surface area contributed by atoms with Gasteiger partial charge in [0.2, 0.25) is 0 Å². The standard InChI is InChI=1S/C18H23NO5.C18H21NO5.C10H17NO3.CH4.B.Na.H/c2*1-2-23-17(21)16-13-8-9-15(20)14(13)10-19(16)18(22)24-11-12-6-4-3-5-7-12;1-2-14-10(13)9-6-3-4-8(12)7(6)5-11-9;;;;/h3-7,13-16,20H,2,8-11H2,1H3;3-7,13-14,16H,2,8-11H2,1H3;6-9,11-12H,2-5H2,1H3;1H4;;;/q;;;;;+1;-1/t13-,14-,15?,16-;13-,14-,16-;6-,7-,8?,9-;;;;/m000..../s1. The summed E-state index contributed by atoms with van der Waals surface area (Å²) in [5.74, 6) is -0.918. The Morgan fingerprint density at radius 1 is 0.615 bits per heavy atom. The smallest absolute Gasteiger partial charge is 1.00 e. The number of carbonyl (C=O) groups is 6. The summed E-state index contributed by atoms with van der Waals surface area (Å²) in [6, 6.07) is 17.2. The molecule has 3 aliphatic carbocycles. The zero-order chi connectivity index (χ0) is 44.3. The Morgan fingerprint density at radius 3 is 1.60 bits per heavy atom. The maximum atomic E-state index is 12.5. The van der Waals surface area contributed by atoms with E-state index in [4.69, 9.17) is 23.7 Å². The van der Waals surface area contributed by atoms with E-state index in [1.54, 1.807) is 13.8 Å². The van der Waals surface area contributed by atoms with E-state index >= 15 is 0 Å². The van der Waals surface area contributed by atoms with Crippen LogP contribution in [0.25, 0.3) is 0 Å². The van der Waals surface area contributed by atoms with Gasteiger partial charge in [-0.15, -0.1) is 0 Å². The van der Waals surface area contributed by atoms with Crippen molar-refractivity contribution in [2.45, 2.75) is 110 Å². The van der Waals surface area contributed by atoms with Gasteiger partial charge in [-0.05, 0) is 75.8 Å². The Morgan fingerprint density at radius 2 is 1.08 bits per heavy atom. The van der Waals surface area contributed by atoms with E-state index in [0.717, 1.165) is 36.9 Å². The van der Waals surface area contributed by atoms with Crippen molar-refractivity contribution in [3.63, 3.8) is 0 Å². The second-order valence-electron chi connectivity index (χ2n) is 16.6. The molecule has 6 aliphatic rings. The van der Waals surface area contributed by atoms with E-state index in [1.807, 2.05) is 67.6 Å². The van der Waals surface area contributed by atoms with Crippen molar-refractivity contribution in [2.75, 3.05) is 39.5 Å². The number of Topliss-reactive ketones (excluding diaryl/α,β-unsaturated/α-hetero) is 1. The van der Waals surface area contributed by atoms with Gasteiger partial charge in [-0.25, -0.2) is 19.2 Å². The number of nitrogens with zero attached hydrogens (tertiary/aromatic N) is 2. The number of benzene rings is 2. The van der Waals surface area contributed by atoms with Crippen LogP contribution in [0.15, 0.2) is 60.7 Å². The van der Waals surface area contributed by atoms with Gasteiger partial charge in [0.15, 0.2) is 0 Å². The predicted molar refractivity (Wildman–Crippen MR) is 235 cm³/mol. The molecule has 2 aromatic carbocycles. The van der Waals surface area contributed by atoms with E-state index in [-0.39, 0.29) is 139 Å².